The zero-order valence-electron chi connectivity index (χ0n) is 9.48. The van der Waals surface area contributed by atoms with Crippen LogP contribution in [0, 0.1) is 0 Å². The summed E-state index contributed by atoms with van der Waals surface area (Å²) in [6.45, 7) is 0.116. The number of hydrogen-bond donors (Lipinski definition) is 2. The first kappa shape index (κ1) is 14.0. The van der Waals surface area contributed by atoms with Crippen molar-refractivity contribution in [1.82, 2.24) is 10.0 Å². The number of nitrogens with one attached hydrogen (secondary N) is 2. The molecule has 1 heterocycles. The molecule has 0 aliphatic heterocycles. The second-order valence-corrected chi connectivity index (χ2v) is 7.78. The molecule has 1 aliphatic carbocycles. The molecule has 100 valence electrons. The lowest BCUT2D eigenvalue weighted by molar-refractivity contribution is -0.121. The number of thiophene rings is 1. The van der Waals surface area contributed by atoms with E-state index in [1.165, 1.54) is 0 Å². The van der Waals surface area contributed by atoms with Crippen molar-refractivity contribution in [2.24, 2.45) is 0 Å². The fourth-order valence-electron chi connectivity index (χ4n) is 1.36. The molecule has 1 aromatic rings. The summed E-state index contributed by atoms with van der Waals surface area (Å²) in [5.41, 5.74) is 0. The third-order valence-electron chi connectivity index (χ3n) is 2.42. The lowest BCUT2D eigenvalue weighted by Crippen LogP contribution is -2.31. The van der Waals surface area contributed by atoms with Gasteiger partial charge in [0.25, 0.3) is 10.0 Å². The van der Waals surface area contributed by atoms with Crippen LogP contribution >= 0.6 is 27.3 Å². The number of halogens is 1. The quantitative estimate of drug-likeness (QED) is 0.813. The normalized spacial score (nSPS) is 15.6. The highest BCUT2D eigenvalue weighted by atomic mass is 79.9. The third-order valence-corrected chi connectivity index (χ3v) is 6.55. The van der Waals surface area contributed by atoms with Gasteiger partial charge in [0.15, 0.2) is 0 Å². The van der Waals surface area contributed by atoms with Crippen LogP contribution in [0.3, 0.4) is 0 Å². The number of amides is 1. The van der Waals surface area contributed by atoms with Gasteiger partial charge in [0, 0.05) is 23.5 Å². The zero-order chi connectivity index (χ0) is 13.2. The minimum atomic E-state index is -3.51. The van der Waals surface area contributed by atoms with E-state index >= 15 is 0 Å². The van der Waals surface area contributed by atoms with E-state index in [4.69, 9.17) is 0 Å². The Hall–Kier alpha value is -0.440. The molecule has 8 heteroatoms. The predicted molar refractivity (Wildman–Crippen MR) is 73.0 cm³/mol. The van der Waals surface area contributed by atoms with Gasteiger partial charge in [0.05, 0.1) is 0 Å². The van der Waals surface area contributed by atoms with Crippen molar-refractivity contribution in [3.8, 4) is 0 Å². The molecule has 1 saturated carbocycles. The Morgan fingerprint density at radius 1 is 1.50 bits per heavy atom. The van der Waals surface area contributed by atoms with Crippen molar-refractivity contribution in [1.29, 1.82) is 0 Å². The lowest BCUT2D eigenvalue weighted by atomic mass is 10.4. The molecule has 2 N–H and O–H groups in total. The summed E-state index contributed by atoms with van der Waals surface area (Å²) in [6, 6.07) is 1.99. The van der Waals surface area contributed by atoms with Crippen LogP contribution in [0.5, 0.6) is 0 Å². The minimum Gasteiger partial charge on any atom is -0.353 e. The third kappa shape index (κ3) is 3.78. The summed E-state index contributed by atoms with van der Waals surface area (Å²) < 4.78 is 26.9. The molecule has 0 spiro atoms. The van der Waals surface area contributed by atoms with Gasteiger partial charge < -0.3 is 5.32 Å². The standard InChI is InChI=1S/C10H13BrN2O3S2/c11-8-4-6-17-10(8)18(15,16)12-5-3-9(14)13-7-1-2-7/h4,6-7,12H,1-3,5H2,(H,13,14). The van der Waals surface area contributed by atoms with E-state index in [1.807, 2.05) is 0 Å². The Labute approximate surface area is 118 Å². The summed E-state index contributed by atoms with van der Waals surface area (Å²) in [6.07, 6.45) is 2.22. The summed E-state index contributed by atoms with van der Waals surface area (Å²) in [7, 11) is -3.51. The summed E-state index contributed by atoms with van der Waals surface area (Å²) in [5, 5.41) is 4.50. The molecule has 18 heavy (non-hydrogen) atoms. The molecule has 5 nitrogen and oxygen atoms in total. The van der Waals surface area contributed by atoms with Crippen LogP contribution in [0.25, 0.3) is 0 Å². The first-order valence-electron chi connectivity index (χ1n) is 5.51. The number of carbonyl (C=O) groups excluding carboxylic acids is 1. The van der Waals surface area contributed by atoms with Crippen LogP contribution in [-0.4, -0.2) is 26.9 Å². The average Bonchev–Trinajstić information content (AvgIpc) is 2.97. The number of rotatable bonds is 6. The van der Waals surface area contributed by atoms with Crippen LogP contribution in [0.4, 0.5) is 0 Å². The highest BCUT2D eigenvalue weighted by molar-refractivity contribution is 9.10. The topological polar surface area (TPSA) is 75.3 Å². The van der Waals surface area contributed by atoms with Gasteiger partial charge in [-0.2, -0.15) is 0 Å². The lowest BCUT2D eigenvalue weighted by Gasteiger charge is -2.06. The first-order valence-corrected chi connectivity index (χ1v) is 8.66. The molecule has 0 aromatic carbocycles. The van der Waals surface area contributed by atoms with Crippen LogP contribution in [-0.2, 0) is 14.8 Å². The van der Waals surface area contributed by atoms with Gasteiger partial charge in [-0.25, -0.2) is 13.1 Å². The largest absolute Gasteiger partial charge is 0.353 e. The molecule has 0 saturated heterocycles. The van der Waals surface area contributed by atoms with Gasteiger partial charge in [0.2, 0.25) is 5.91 Å². The molecule has 2 rings (SSSR count). The van der Waals surface area contributed by atoms with Crippen LogP contribution in [0.2, 0.25) is 0 Å². The smallest absolute Gasteiger partial charge is 0.251 e. The van der Waals surface area contributed by atoms with E-state index < -0.39 is 10.0 Å². The first-order chi connectivity index (χ1) is 8.49. The second kappa shape index (κ2) is 5.68. The Kier molecular flexibility index (Phi) is 4.41. The summed E-state index contributed by atoms with van der Waals surface area (Å²) >= 11 is 4.31. The fourth-order valence-corrected chi connectivity index (χ4v) is 4.78. The van der Waals surface area contributed by atoms with Gasteiger partial charge in [-0.3, -0.25) is 4.79 Å². The average molecular weight is 353 g/mol. The number of hydrogen-bond acceptors (Lipinski definition) is 4. The van der Waals surface area contributed by atoms with Crippen molar-refractivity contribution in [2.45, 2.75) is 29.5 Å². The Morgan fingerprint density at radius 2 is 2.22 bits per heavy atom. The maximum atomic E-state index is 11.9. The fraction of sp³-hybridized carbons (Fsp3) is 0.500. The maximum Gasteiger partial charge on any atom is 0.251 e. The van der Waals surface area contributed by atoms with Gasteiger partial charge in [-0.05, 0) is 40.2 Å². The van der Waals surface area contributed by atoms with Gasteiger partial charge >= 0.3 is 0 Å². The molecule has 1 fully saturated rings. The maximum absolute atomic E-state index is 11.9. The van der Waals surface area contributed by atoms with Gasteiger partial charge in [-0.1, -0.05) is 0 Å². The highest BCUT2D eigenvalue weighted by Crippen LogP contribution is 2.27. The molecule has 1 amide bonds. The minimum absolute atomic E-state index is 0.106. The highest BCUT2D eigenvalue weighted by Gasteiger charge is 2.23. The Bertz CT molecular complexity index is 537. The van der Waals surface area contributed by atoms with Crippen molar-refractivity contribution >= 4 is 43.2 Å². The van der Waals surface area contributed by atoms with Crippen LogP contribution in [0.1, 0.15) is 19.3 Å². The van der Waals surface area contributed by atoms with E-state index in [9.17, 15) is 13.2 Å². The summed E-state index contributed by atoms with van der Waals surface area (Å²) in [4.78, 5) is 11.4. The Morgan fingerprint density at radius 3 is 2.78 bits per heavy atom. The van der Waals surface area contributed by atoms with Crippen molar-refractivity contribution in [2.75, 3.05) is 6.54 Å². The second-order valence-electron chi connectivity index (χ2n) is 4.05. The molecule has 1 aliphatic rings. The monoisotopic (exact) mass is 352 g/mol. The molecule has 0 atom stereocenters. The van der Waals surface area contributed by atoms with Gasteiger partial charge in [-0.15, -0.1) is 11.3 Å². The Balaban J connectivity index is 1.82. The van der Waals surface area contributed by atoms with Crippen LogP contribution < -0.4 is 10.0 Å². The van der Waals surface area contributed by atoms with Gasteiger partial charge in [0.1, 0.15) is 4.21 Å². The molecule has 0 radical (unpaired) electrons. The molecule has 0 bridgehead atoms. The predicted octanol–water partition coefficient (Wildman–Crippen LogP) is 1.46. The number of carbonyl (C=O) groups is 1. The molecule has 1 aromatic heterocycles. The van der Waals surface area contributed by atoms with Crippen molar-refractivity contribution < 1.29 is 13.2 Å². The van der Waals surface area contributed by atoms with E-state index in [2.05, 4.69) is 26.0 Å². The van der Waals surface area contributed by atoms with Crippen molar-refractivity contribution in [3.05, 3.63) is 15.9 Å². The van der Waals surface area contributed by atoms with Crippen molar-refractivity contribution in [3.63, 3.8) is 0 Å². The van der Waals surface area contributed by atoms with E-state index in [1.54, 1.807) is 11.4 Å². The SMILES string of the molecule is O=C(CCNS(=O)(=O)c1sccc1Br)NC1CC1. The molecular formula is C10H13BrN2O3S2. The molecule has 0 unspecified atom stereocenters. The van der Waals surface area contributed by atoms with E-state index in [0.29, 0.717) is 10.5 Å². The van der Waals surface area contributed by atoms with Crippen LogP contribution in [0.15, 0.2) is 20.1 Å². The van der Waals surface area contributed by atoms with E-state index in [0.717, 1.165) is 24.2 Å². The zero-order valence-corrected chi connectivity index (χ0v) is 12.7. The summed E-state index contributed by atoms with van der Waals surface area (Å²) in [5.74, 6) is -0.106. The number of sulfonamides is 1. The molecular weight excluding hydrogens is 340 g/mol. The van der Waals surface area contributed by atoms with E-state index in [-0.39, 0.29) is 23.1 Å².